The average Bonchev–Trinajstić information content (AvgIpc) is 3.22. The highest BCUT2D eigenvalue weighted by Gasteiger charge is 2.30. The first-order valence-corrected chi connectivity index (χ1v) is 12.4. The Hall–Kier alpha value is -2.88. The topological polar surface area (TPSA) is 90.5 Å². The molecule has 2 aromatic carbocycles. The monoisotopic (exact) mass is 488 g/mol. The third-order valence-electron chi connectivity index (χ3n) is 4.99. The summed E-state index contributed by atoms with van der Waals surface area (Å²) in [7, 11) is -3.99. The first-order chi connectivity index (χ1) is 15.2. The molecule has 2 aliphatic rings. The van der Waals surface area contributed by atoms with Gasteiger partial charge in [0.15, 0.2) is 0 Å². The number of carbonyl (C=O) groups is 1. The summed E-state index contributed by atoms with van der Waals surface area (Å²) in [6.07, 6.45) is 6.50. The highest BCUT2D eigenvalue weighted by Crippen LogP contribution is 2.34. The molecule has 0 spiro atoms. The second kappa shape index (κ2) is 8.93. The van der Waals surface area contributed by atoms with Crippen LogP contribution in [0.4, 0.5) is 5.69 Å². The van der Waals surface area contributed by atoms with Gasteiger partial charge in [-0.05, 0) is 49.8 Å². The van der Waals surface area contributed by atoms with Gasteiger partial charge >= 0.3 is 0 Å². The van der Waals surface area contributed by atoms with Crippen LogP contribution < -0.4 is 14.8 Å². The van der Waals surface area contributed by atoms with Crippen molar-refractivity contribution in [3.63, 3.8) is 0 Å². The van der Waals surface area contributed by atoms with Gasteiger partial charge < -0.3 is 10.0 Å². The standard InChI is InChI=1S/C22H21ClN4O3S2/c1-14-5-7-16(8-6-14)15(2)25-22(28)18-10-9-17(23)12-19(18)26-32(29,30)21-4-3-11-27-20(21)13-24-31-27/h3-13,15,24,26H,1-2H3,(H,25,28). The Labute approximate surface area is 196 Å². The molecular weight excluding hydrogens is 468 g/mol. The maximum absolute atomic E-state index is 13.2. The van der Waals surface area contributed by atoms with E-state index >= 15 is 0 Å². The Morgan fingerprint density at radius 1 is 1.19 bits per heavy atom. The lowest BCUT2D eigenvalue weighted by Gasteiger charge is -2.21. The van der Waals surface area contributed by atoms with Crippen molar-refractivity contribution in [3.05, 3.63) is 99.3 Å². The summed E-state index contributed by atoms with van der Waals surface area (Å²) in [5.74, 6) is -0.413. The Morgan fingerprint density at radius 2 is 1.94 bits per heavy atom. The van der Waals surface area contributed by atoms with E-state index < -0.39 is 15.9 Å². The molecule has 7 nitrogen and oxygen atoms in total. The highest BCUT2D eigenvalue weighted by molar-refractivity contribution is 7.97. The number of sulfonamides is 1. The molecule has 1 unspecified atom stereocenters. The van der Waals surface area contributed by atoms with Crippen molar-refractivity contribution in [2.24, 2.45) is 0 Å². The number of allylic oxidation sites excluding steroid dienone is 2. The third kappa shape index (κ3) is 4.64. The minimum atomic E-state index is -3.99. The van der Waals surface area contributed by atoms with Gasteiger partial charge in [0.2, 0.25) is 0 Å². The Balaban J connectivity index is 1.59. The fourth-order valence-corrected chi connectivity index (χ4v) is 5.42. The van der Waals surface area contributed by atoms with Gasteiger partial charge in [0, 0.05) is 17.4 Å². The summed E-state index contributed by atoms with van der Waals surface area (Å²) < 4.78 is 33.5. The van der Waals surface area contributed by atoms with Gasteiger partial charge in [-0.3, -0.25) is 13.8 Å². The van der Waals surface area contributed by atoms with Crippen LogP contribution in [0.5, 0.6) is 0 Å². The number of hydrogen-bond donors (Lipinski definition) is 3. The molecule has 10 heteroatoms. The number of carbonyl (C=O) groups excluding carboxylic acids is 1. The smallest absolute Gasteiger partial charge is 0.264 e. The van der Waals surface area contributed by atoms with Crippen LogP contribution in [0.25, 0.3) is 0 Å². The Bertz CT molecular complexity index is 1250. The molecule has 2 aliphatic heterocycles. The van der Waals surface area contributed by atoms with Gasteiger partial charge in [0.25, 0.3) is 15.9 Å². The quantitative estimate of drug-likeness (QED) is 0.515. The second-order valence-electron chi connectivity index (χ2n) is 7.34. The van der Waals surface area contributed by atoms with Crippen molar-refractivity contribution in [3.8, 4) is 0 Å². The molecule has 1 amide bonds. The lowest BCUT2D eigenvalue weighted by molar-refractivity contribution is 0.0941. The molecule has 32 heavy (non-hydrogen) atoms. The first kappa shape index (κ1) is 22.3. The van der Waals surface area contributed by atoms with Crippen LogP contribution in [0.1, 0.15) is 34.5 Å². The van der Waals surface area contributed by atoms with Gasteiger partial charge in [0.05, 0.1) is 35.1 Å². The normalized spacial score (nSPS) is 15.9. The zero-order valence-corrected chi connectivity index (χ0v) is 19.7. The van der Waals surface area contributed by atoms with Crippen molar-refractivity contribution in [1.82, 2.24) is 14.3 Å². The number of hydrogen-bond acceptors (Lipinski definition) is 6. The minimum Gasteiger partial charge on any atom is -0.345 e. The molecule has 166 valence electrons. The molecule has 0 radical (unpaired) electrons. The van der Waals surface area contributed by atoms with Gasteiger partial charge in [-0.15, -0.1) is 0 Å². The van der Waals surface area contributed by atoms with E-state index in [4.69, 9.17) is 11.6 Å². The molecule has 0 aliphatic carbocycles. The van der Waals surface area contributed by atoms with Gasteiger partial charge in [-0.25, -0.2) is 8.42 Å². The number of amides is 1. The fourth-order valence-electron chi connectivity index (χ4n) is 3.27. The number of nitrogens with zero attached hydrogens (tertiary/aromatic N) is 1. The molecular formula is C22H21ClN4O3S2. The van der Waals surface area contributed by atoms with E-state index in [2.05, 4.69) is 14.8 Å². The predicted molar refractivity (Wildman–Crippen MR) is 129 cm³/mol. The number of benzene rings is 2. The summed E-state index contributed by atoms with van der Waals surface area (Å²) >= 11 is 7.37. The third-order valence-corrected chi connectivity index (χ3v) is 7.38. The van der Waals surface area contributed by atoms with Crippen LogP contribution >= 0.6 is 23.7 Å². The fraction of sp³-hybridized carbons (Fsp3) is 0.136. The molecule has 2 aromatic rings. The highest BCUT2D eigenvalue weighted by atomic mass is 35.5. The number of aryl methyl sites for hydroxylation is 1. The first-order valence-electron chi connectivity index (χ1n) is 9.75. The van der Waals surface area contributed by atoms with Gasteiger partial charge in [-0.2, -0.15) is 0 Å². The average molecular weight is 489 g/mol. The summed E-state index contributed by atoms with van der Waals surface area (Å²) in [4.78, 5) is 13.1. The predicted octanol–water partition coefficient (Wildman–Crippen LogP) is 4.60. The number of fused-ring (bicyclic) bond motifs is 1. The van der Waals surface area contributed by atoms with Crippen LogP contribution in [-0.2, 0) is 10.0 Å². The van der Waals surface area contributed by atoms with Crippen molar-refractivity contribution in [2.45, 2.75) is 19.9 Å². The molecule has 1 atom stereocenters. The van der Waals surface area contributed by atoms with Crippen LogP contribution in [0.3, 0.4) is 0 Å². The summed E-state index contributed by atoms with van der Waals surface area (Å²) in [6.45, 7) is 3.86. The molecule has 0 bridgehead atoms. The van der Waals surface area contributed by atoms with E-state index in [1.54, 1.807) is 28.8 Å². The summed E-state index contributed by atoms with van der Waals surface area (Å²) in [5.41, 5.74) is 2.84. The van der Waals surface area contributed by atoms with Gasteiger partial charge in [0.1, 0.15) is 4.91 Å². The summed E-state index contributed by atoms with van der Waals surface area (Å²) in [6, 6.07) is 12.1. The molecule has 2 heterocycles. The SMILES string of the molecule is Cc1ccc(C(C)NC(=O)c2ccc(Cl)cc2NS(=O)(=O)C2=CC=CN3SNC=C23)cc1. The van der Waals surface area contributed by atoms with E-state index in [-0.39, 0.29) is 22.2 Å². The number of rotatable bonds is 6. The maximum atomic E-state index is 13.2. The van der Waals surface area contributed by atoms with E-state index in [0.717, 1.165) is 11.1 Å². The lowest BCUT2D eigenvalue weighted by Crippen LogP contribution is -2.28. The second-order valence-corrected chi connectivity index (χ2v) is 10.2. The Morgan fingerprint density at radius 3 is 2.69 bits per heavy atom. The van der Waals surface area contributed by atoms with Crippen LogP contribution in [0.2, 0.25) is 5.02 Å². The van der Waals surface area contributed by atoms with E-state index in [1.165, 1.54) is 30.3 Å². The summed E-state index contributed by atoms with van der Waals surface area (Å²) in [5, 5.41) is 3.23. The number of nitrogens with one attached hydrogen (secondary N) is 3. The number of anilines is 1. The Kier molecular flexibility index (Phi) is 6.23. The van der Waals surface area contributed by atoms with E-state index in [1.807, 2.05) is 38.1 Å². The molecule has 0 aromatic heterocycles. The lowest BCUT2D eigenvalue weighted by atomic mass is 10.1. The van der Waals surface area contributed by atoms with Gasteiger partial charge in [-0.1, -0.05) is 41.4 Å². The minimum absolute atomic E-state index is 0.0804. The molecule has 0 saturated carbocycles. The van der Waals surface area contributed by atoms with Crippen molar-refractivity contribution < 1.29 is 13.2 Å². The van der Waals surface area contributed by atoms with Crippen molar-refractivity contribution in [2.75, 3.05) is 4.72 Å². The van der Waals surface area contributed by atoms with E-state index in [9.17, 15) is 13.2 Å². The maximum Gasteiger partial charge on any atom is 0.264 e. The number of halogens is 1. The van der Waals surface area contributed by atoms with E-state index in [0.29, 0.717) is 10.7 Å². The zero-order chi connectivity index (χ0) is 22.9. The van der Waals surface area contributed by atoms with Crippen molar-refractivity contribution >= 4 is 45.4 Å². The molecule has 0 fully saturated rings. The van der Waals surface area contributed by atoms with Crippen molar-refractivity contribution in [1.29, 1.82) is 0 Å². The molecule has 0 saturated heterocycles. The largest absolute Gasteiger partial charge is 0.345 e. The van der Waals surface area contributed by atoms with Crippen LogP contribution in [-0.4, -0.2) is 18.6 Å². The van der Waals surface area contributed by atoms with Crippen LogP contribution in [0, 0.1) is 6.92 Å². The molecule has 4 rings (SSSR count). The zero-order valence-electron chi connectivity index (χ0n) is 17.3. The molecule has 3 N–H and O–H groups in total. The van der Waals surface area contributed by atoms with Crippen LogP contribution in [0.15, 0.2) is 77.6 Å².